The van der Waals surface area contributed by atoms with Gasteiger partial charge in [0.2, 0.25) is 0 Å². The van der Waals surface area contributed by atoms with Gasteiger partial charge in [0.1, 0.15) is 0 Å². The zero-order valence-electron chi connectivity index (χ0n) is 20.7. The third-order valence-corrected chi connectivity index (χ3v) is 7.15. The Morgan fingerprint density at radius 1 is 1.16 bits per heavy atom. The first-order valence-electron chi connectivity index (χ1n) is 12.5. The number of carboxylic acids is 1. The fourth-order valence-corrected chi connectivity index (χ4v) is 5.14. The lowest BCUT2D eigenvalue weighted by molar-refractivity contribution is -0.192. The second-order valence-corrected chi connectivity index (χ2v) is 9.40. The van der Waals surface area contributed by atoms with E-state index in [1.165, 1.54) is 0 Å². The zero-order chi connectivity index (χ0) is 27.2. The summed E-state index contributed by atoms with van der Waals surface area (Å²) in [6.45, 7) is 3.55. The highest BCUT2D eigenvalue weighted by atomic mass is 19.4. The van der Waals surface area contributed by atoms with Crippen LogP contribution in [0.5, 0.6) is 0 Å². The Morgan fingerprint density at radius 3 is 2.55 bits per heavy atom. The number of pyridine rings is 1. The van der Waals surface area contributed by atoms with Gasteiger partial charge in [0.15, 0.2) is 0 Å². The molecular weight excluding hydrogens is 503 g/mol. The maximum absolute atomic E-state index is 13.1. The van der Waals surface area contributed by atoms with Crippen molar-refractivity contribution in [3.05, 3.63) is 66.1 Å². The van der Waals surface area contributed by atoms with E-state index in [9.17, 15) is 18.0 Å². The number of piperidine rings is 1. The topological polar surface area (TPSA) is 105 Å². The van der Waals surface area contributed by atoms with Crippen molar-refractivity contribution in [1.82, 2.24) is 14.9 Å². The van der Waals surface area contributed by atoms with Gasteiger partial charge in [-0.25, -0.2) is 4.79 Å². The lowest BCUT2D eigenvalue weighted by Crippen LogP contribution is -2.49. The van der Waals surface area contributed by atoms with Crippen LogP contribution in [0.2, 0.25) is 0 Å². The number of hydrogen-bond donors (Lipinski definition) is 2. The molecule has 2 aliphatic heterocycles. The van der Waals surface area contributed by atoms with Crippen LogP contribution in [-0.2, 0) is 20.9 Å². The predicted octanol–water partition coefficient (Wildman–Crippen LogP) is 4.81. The Morgan fingerprint density at radius 2 is 1.87 bits per heavy atom. The van der Waals surface area contributed by atoms with Crippen LogP contribution >= 0.6 is 0 Å². The number of ether oxygens (including phenoxy) is 2. The van der Waals surface area contributed by atoms with Crippen molar-refractivity contribution < 1.29 is 37.3 Å². The Hall–Kier alpha value is -3.44. The monoisotopic (exact) mass is 533 g/mol. The molecule has 2 N–H and O–H groups in total. The summed E-state index contributed by atoms with van der Waals surface area (Å²) in [6.07, 6.45) is 2.40. The van der Waals surface area contributed by atoms with Gasteiger partial charge in [0, 0.05) is 49.6 Å². The second kappa shape index (κ2) is 12.0. The number of halogens is 3. The number of rotatable bonds is 6. The maximum atomic E-state index is 13.1. The zero-order valence-corrected chi connectivity index (χ0v) is 20.7. The van der Waals surface area contributed by atoms with E-state index < -0.39 is 12.1 Å². The predicted molar refractivity (Wildman–Crippen MR) is 132 cm³/mol. The summed E-state index contributed by atoms with van der Waals surface area (Å²) in [5.74, 6) is -2.16. The molecule has 1 spiro atoms. The summed E-state index contributed by atoms with van der Waals surface area (Å²) < 4.78 is 43.9. The van der Waals surface area contributed by atoms with Gasteiger partial charge in [-0.3, -0.25) is 9.78 Å². The van der Waals surface area contributed by atoms with Crippen LogP contribution in [-0.4, -0.2) is 69.9 Å². The van der Waals surface area contributed by atoms with E-state index in [1.807, 2.05) is 53.6 Å². The van der Waals surface area contributed by atoms with Crippen molar-refractivity contribution >= 4 is 22.8 Å². The number of aliphatic carboxylic acids is 1. The molecule has 1 unspecified atom stereocenters. The number of likely N-dealkylation sites (tertiary alicyclic amines) is 1. The van der Waals surface area contributed by atoms with Crippen molar-refractivity contribution in [2.75, 3.05) is 26.3 Å². The number of nitrogens with one attached hydrogen (secondary N) is 1. The van der Waals surface area contributed by atoms with Gasteiger partial charge in [-0.15, -0.1) is 0 Å². The van der Waals surface area contributed by atoms with Crippen molar-refractivity contribution in [3.8, 4) is 0 Å². The molecule has 2 aliphatic rings. The molecule has 4 heterocycles. The van der Waals surface area contributed by atoms with E-state index >= 15 is 0 Å². The number of amides is 1. The number of carbonyl (C=O) groups excluding carboxylic acids is 1. The number of hydrogen-bond acceptors (Lipinski definition) is 5. The first-order chi connectivity index (χ1) is 18.2. The van der Waals surface area contributed by atoms with Crippen LogP contribution in [0.3, 0.4) is 0 Å². The van der Waals surface area contributed by atoms with Crippen LogP contribution in [0.15, 0.2) is 54.9 Å². The molecule has 5 rings (SSSR count). The highest BCUT2D eigenvalue weighted by Gasteiger charge is 2.46. The van der Waals surface area contributed by atoms with E-state index in [-0.39, 0.29) is 11.5 Å². The molecule has 0 bridgehead atoms. The highest BCUT2D eigenvalue weighted by Crippen LogP contribution is 2.42. The molecular formula is C27H30F3N3O5. The number of aromatic amines is 1. The Labute approximate surface area is 217 Å². The maximum Gasteiger partial charge on any atom is 0.490 e. The summed E-state index contributed by atoms with van der Waals surface area (Å²) in [4.78, 5) is 31.5. The molecule has 11 heteroatoms. The summed E-state index contributed by atoms with van der Waals surface area (Å²) in [7, 11) is 0. The normalized spacial score (nSPS) is 18.8. The van der Waals surface area contributed by atoms with Crippen molar-refractivity contribution in [2.45, 2.75) is 44.1 Å². The molecule has 1 amide bonds. The molecule has 0 aliphatic carbocycles. The molecule has 1 aromatic carbocycles. The van der Waals surface area contributed by atoms with Gasteiger partial charge in [0.25, 0.3) is 5.91 Å². The number of carbonyl (C=O) groups is 2. The first-order valence-corrected chi connectivity index (χ1v) is 12.5. The molecule has 0 saturated carbocycles. The van der Waals surface area contributed by atoms with Crippen LogP contribution < -0.4 is 0 Å². The number of para-hydroxylation sites is 1. The fraction of sp³-hybridized carbons (Fsp3) is 0.444. The number of carboxylic acid groups (broad SMARTS) is 1. The van der Waals surface area contributed by atoms with Gasteiger partial charge in [-0.1, -0.05) is 24.3 Å². The largest absolute Gasteiger partial charge is 0.490 e. The third-order valence-electron chi connectivity index (χ3n) is 7.15. The molecule has 0 radical (unpaired) electrons. The van der Waals surface area contributed by atoms with E-state index in [1.54, 1.807) is 6.20 Å². The molecule has 2 aromatic heterocycles. The van der Waals surface area contributed by atoms with Gasteiger partial charge in [0.05, 0.1) is 23.5 Å². The average Bonchev–Trinajstić information content (AvgIpc) is 3.51. The summed E-state index contributed by atoms with van der Waals surface area (Å²) >= 11 is 0. The SMILES string of the molecule is O=C(O)C(F)(F)F.O=C(c1c[nH]c2ccccc12)N1CCC2(CC1)OCCC2CCOCc1ccccn1. The van der Waals surface area contributed by atoms with Crippen molar-refractivity contribution in [1.29, 1.82) is 0 Å². The minimum absolute atomic E-state index is 0.106. The van der Waals surface area contributed by atoms with Gasteiger partial charge in [-0.2, -0.15) is 13.2 Å². The molecule has 8 nitrogen and oxygen atoms in total. The van der Waals surface area contributed by atoms with Crippen LogP contribution in [0.4, 0.5) is 13.2 Å². The van der Waals surface area contributed by atoms with E-state index in [4.69, 9.17) is 19.4 Å². The molecule has 38 heavy (non-hydrogen) atoms. The smallest absolute Gasteiger partial charge is 0.475 e. The summed E-state index contributed by atoms with van der Waals surface area (Å²) in [6, 6.07) is 13.9. The average molecular weight is 534 g/mol. The lowest BCUT2D eigenvalue weighted by Gasteiger charge is -2.42. The number of nitrogens with zero attached hydrogens (tertiary/aromatic N) is 2. The number of H-pyrrole nitrogens is 1. The fourth-order valence-electron chi connectivity index (χ4n) is 5.14. The highest BCUT2D eigenvalue weighted by molar-refractivity contribution is 6.06. The van der Waals surface area contributed by atoms with Crippen LogP contribution in [0.25, 0.3) is 10.9 Å². The minimum atomic E-state index is -5.08. The molecule has 2 saturated heterocycles. The van der Waals surface area contributed by atoms with Crippen molar-refractivity contribution in [3.63, 3.8) is 0 Å². The first kappa shape index (κ1) is 27.6. The number of benzene rings is 1. The minimum Gasteiger partial charge on any atom is -0.475 e. The van der Waals surface area contributed by atoms with Crippen molar-refractivity contribution in [2.24, 2.45) is 5.92 Å². The van der Waals surface area contributed by atoms with Gasteiger partial charge >= 0.3 is 12.1 Å². The third kappa shape index (κ3) is 6.51. The molecule has 3 aromatic rings. The lowest BCUT2D eigenvalue weighted by atomic mass is 9.78. The van der Waals surface area contributed by atoms with E-state index in [2.05, 4.69) is 9.97 Å². The second-order valence-electron chi connectivity index (χ2n) is 9.40. The number of fused-ring (bicyclic) bond motifs is 1. The number of aromatic nitrogens is 2. The van der Waals surface area contributed by atoms with Gasteiger partial charge < -0.3 is 24.5 Å². The quantitative estimate of drug-likeness (QED) is 0.441. The molecule has 2 fully saturated rings. The Bertz CT molecular complexity index is 1220. The molecule has 204 valence electrons. The number of alkyl halides is 3. The van der Waals surface area contributed by atoms with Crippen LogP contribution in [0, 0.1) is 5.92 Å². The van der Waals surface area contributed by atoms with E-state index in [0.29, 0.717) is 19.1 Å². The standard InChI is InChI=1S/C25H29N3O3.C2HF3O2/c29-24(22-17-27-23-7-2-1-6-21(22)23)28-13-10-25(11-14-28)19(9-16-31-25)8-15-30-18-20-5-3-4-12-26-20;3-2(4,5)1(6)7/h1-7,12,17,19,27H,8-11,13-16,18H2;(H,6,7). The summed E-state index contributed by atoms with van der Waals surface area (Å²) in [5, 5.41) is 8.12. The van der Waals surface area contributed by atoms with E-state index in [0.717, 1.165) is 67.5 Å². The van der Waals surface area contributed by atoms with Gasteiger partial charge in [-0.05, 0) is 49.8 Å². The Kier molecular flexibility index (Phi) is 8.68. The Balaban J connectivity index is 0.000000426. The molecule has 1 atom stereocenters. The van der Waals surface area contributed by atoms with Crippen LogP contribution in [0.1, 0.15) is 41.7 Å². The summed E-state index contributed by atoms with van der Waals surface area (Å²) in [5.41, 5.74) is 2.62.